The second-order valence-corrected chi connectivity index (χ2v) is 37.3. The van der Waals surface area contributed by atoms with Crippen LogP contribution in [0, 0.1) is 5.92 Å². The van der Waals surface area contributed by atoms with Crippen LogP contribution in [0.15, 0.2) is 0 Å². The first-order valence-electron chi connectivity index (χ1n) is 50.3. The van der Waals surface area contributed by atoms with Gasteiger partial charge in [0.25, 0.3) is 0 Å². The van der Waals surface area contributed by atoms with Crippen LogP contribution in [0.5, 0.6) is 0 Å². The molecule has 0 radical (unpaired) electrons. The third kappa shape index (κ3) is 61.0. The topological polar surface area (TPSA) is 350 Å². The zero-order valence-electron chi connectivity index (χ0n) is 77.6. The number of aliphatic hydroxyl groups is 5. The Morgan fingerprint density at radius 2 is 0.711 bits per heavy atom. The molecule has 2 rings (SSSR count). The molecule has 0 bridgehead atoms. The maximum Gasteiger partial charge on any atom is 0.470 e. The number of hydrogen-bond acceptors (Lipinski definition) is 19. The number of ether oxygens (including phenoxy) is 6. The molecule has 2 fully saturated rings. The van der Waals surface area contributed by atoms with Gasteiger partial charge in [0, 0.05) is 25.7 Å². The van der Waals surface area contributed by atoms with E-state index in [1.807, 2.05) is 0 Å². The molecule has 9 N–H and O–H groups in total. The maximum atomic E-state index is 15.2. The summed E-state index contributed by atoms with van der Waals surface area (Å²) in [5, 5.41) is 63.4. The van der Waals surface area contributed by atoms with Crippen LogP contribution in [0.4, 0.5) is 0 Å². The Hall–Kier alpha value is -3.19. The van der Waals surface area contributed by atoms with E-state index in [1.165, 1.54) is 148 Å². The largest absolute Gasteiger partial charge is 0.470 e. The lowest BCUT2D eigenvalue weighted by Crippen LogP contribution is -2.68. The lowest BCUT2D eigenvalue weighted by molar-refractivity contribution is -0.298. The van der Waals surface area contributed by atoms with Gasteiger partial charge in [-0.1, -0.05) is 395 Å². The van der Waals surface area contributed by atoms with Gasteiger partial charge in [-0.05, 0) is 50.9 Å². The average Bonchev–Trinajstić information content (AvgIpc) is 0.785. The highest BCUT2D eigenvalue weighted by atomic mass is 31.2. The molecule has 4 unspecified atom stereocenters. The number of esters is 3. The van der Waals surface area contributed by atoms with E-state index in [-0.39, 0.29) is 37.9 Å². The second-order valence-electron chi connectivity index (χ2n) is 36.2. The summed E-state index contributed by atoms with van der Waals surface area (Å²) in [4.78, 5) is 107. The number of carbonyl (C=O) groups excluding carboxylic acids is 6. The highest BCUT2D eigenvalue weighted by Gasteiger charge is 2.54. The minimum absolute atomic E-state index is 0.0160. The summed E-state index contributed by atoms with van der Waals surface area (Å²) in [6.07, 6.45) is 43.8. The van der Waals surface area contributed by atoms with Crippen LogP contribution in [0.1, 0.15) is 485 Å². The summed E-state index contributed by atoms with van der Waals surface area (Å²) in [6, 6.07) is -3.40. The van der Waals surface area contributed by atoms with Gasteiger partial charge in [-0.25, -0.2) is 4.57 Å². The summed E-state index contributed by atoms with van der Waals surface area (Å²) < 4.78 is 55.9. The Kier molecular flexibility index (Phi) is 72.3. The van der Waals surface area contributed by atoms with Gasteiger partial charge in [-0.2, -0.15) is 0 Å². The number of phosphoric acid groups is 1. The van der Waals surface area contributed by atoms with Crippen molar-refractivity contribution < 1.29 is 102 Å². The van der Waals surface area contributed by atoms with Crippen molar-refractivity contribution in [2.24, 2.45) is 5.92 Å². The SMILES string of the molecule is CCCCCCCCCCCCCC(=O)C[C@H](CCCCCCCCCCC)CC(=O)N[C@H]1C(OC(=O)C[C@@H](CCCCCCCCCCC)OC(=O)CCCCCCCCCCCCC)[C@H](OP(=O)(O)O)C(CO)O[C@H]1OCC1O[C@H](O)C(NC(=O)C[C@H](O)CCCCCCCCCCC)[C@@H](OC(=O)C[C@H](O)CCCCCCCCCCC)[C@@H]1O. The number of Topliss-reactive ketones (excluding diaryl/α,β-unsaturated/α-hetero) is 1. The standard InChI is InChI=1S/C97H183N2O21P/c1-7-13-19-25-31-37-39-45-50-54-60-66-79(101)71-78(65-59-53-47-41-33-27-21-15-9-3)72-85(104)99-91-95(119-89(108)75-82(69-63-57-51-44-36-30-24-18-12-6)115-87(106)70-64-58-52-46-40-38-32-26-20-14-8-2)93(120-121(111,112)113)83(76-100)117-97(91)114-77-84-92(109)94(118-88(107)74-81(103)68-62-56-49-43-35-29-23-17-11-5)90(96(110)116-84)98-86(105)73-80(102)67-61-55-48-42-34-28-22-16-10-4/h78,80-84,90-97,100,102-103,109-110H,7-77H2,1-6H3,(H,98,105)(H,99,104)(H2,111,112,113)/t78-,80+,81+,82+,83?,84?,90?,91-,92+,93+,94+,95?,96-,97+/m0/s1. The number of phosphoric ester groups is 1. The number of ketones is 1. The van der Waals surface area contributed by atoms with Gasteiger partial charge in [0.05, 0.1) is 44.7 Å². The van der Waals surface area contributed by atoms with E-state index in [1.54, 1.807) is 0 Å². The number of amides is 2. The fourth-order valence-corrected chi connectivity index (χ4v) is 17.7. The Labute approximate surface area is 735 Å². The number of unbranched alkanes of at least 4 members (excludes halogenated alkanes) is 52. The molecule has 712 valence electrons. The van der Waals surface area contributed by atoms with Gasteiger partial charge in [-0.3, -0.25) is 33.3 Å². The fraction of sp³-hybridized carbons (Fsp3) is 0.938. The molecule has 2 aliphatic heterocycles. The average molecular weight is 1740 g/mol. The number of rotatable bonds is 85. The maximum absolute atomic E-state index is 15.2. The molecule has 23 nitrogen and oxygen atoms in total. The monoisotopic (exact) mass is 1740 g/mol. The molecule has 2 amide bonds. The van der Waals surface area contributed by atoms with Crippen LogP contribution in [0.25, 0.3) is 0 Å². The van der Waals surface area contributed by atoms with E-state index in [4.69, 9.17) is 32.9 Å². The molecule has 24 heteroatoms. The minimum atomic E-state index is -5.60. The predicted molar refractivity (Wildman–Crippen MR) is 482 cm³/mol. The molecular weight excluding hydrogens is 1560 g/mol. The van der Waals surface area contributed by atoms with Gasteiger partial charge < -0.3 is 74.4 Å². The summed E-state index contributed by atoms with van der Waals surface area (Å²) in [5.41, 5.74) is 0. The van der Waals surface area contributed by atoms with Gasteiger partial charge in [0.1, 0.15) is 48.4 Å². The first-order chi connectivity index (χ1) is 58.6. The van der Waals surface area contributed by atoms with E-state index in [0.717, 1.165) is 193 Å². The van der Waals surface area contributed by atoms with Gasteiger partial charge in [0.15, 0.2) is 24.8 Å². The molecule has 0 aromatic rings. The van der Waals surface area contributed by atoms with Gasteiger partial charge in [0.2, 0.25) is 11.8 Å². The Morgan fingerprint density at radius 3 is 1.12 bits per heavy atom. The van der Waals surface area contributed by atoms with Gasteiger partial charge in [-0.15, -0.1) is 0 Å². The summed E-state index contributed by atoms with van der Waals surface area (Å²) in [6.45, 7) is 11.3. The summed E-state index contributed by atoms with van der Waals surface area (Å²) in [5.74, 6) is -4.34. The van der Waals surface area contributed by atoms with Crippen LogP contribution in [0.3, 0.4) is 0 Å². The van der Waals surface area contributed by atoms with E-state index in [0.29, 0.717) is 51.4 Å². The smallest absolute Gasteiger partial charge is 0.462 e. The Morgan fingerprint density at radius 1 is 0.364 bits per heavy atom. The molecule has 0 aliphatic carbocycles. The quantitative estimate of drug-likeness (QED) is 0.0118. The molecule has 2 saturated heterocycles. The fourth-order valence-electron chi connectivity index (χ4n) is 17.1. The molecule has 0 spiro atoms. The van der Waals surface area contributed by atoms with Crippen molar-refractivity contribution in [2.75, 3.05) is 13.2 Å². The number of nitrogens with one attached hydrogen (secondary N) is 2. The number of aliphatic hydroxyl groups excluding tert-OH is 5. The zero-order valence-corrected chi connectivity index (χ0v) is 78.5. The number of carbonyl (C=O) groups is 6. The highest BCUT2D eigenvalue weighted by Crippen LogP contribution is 2.43. The van der Waals surface area contributed by atoms with E-state index < -0.39 is 156 Å². The molecular formula is C97H183N2O21P. The first kappa shape index (κ1) is 114. The van der Waals surface area contributed by atoms with Crippen LogP contribution in [-0.4, -0.2) is 164 Å². The molecule has 14 atom stereocenters. The van der Waals surface area contributed by atoms with Crippen molar-refractivity contribution in [1.29, 1.82) is 0 Å². The molecule has 2 aliphatic rings. The van der Waals surface area contributed by atoms with E-state index in [2.05, 4.69) is 52.2 Å². The first-order valence-corrected chi connectivity index (χ1v) is 51.8. The number of hydrogen-bond donors (Lipinski definition) is 9. The van der Waals surface area contributed by atoms with Crippen molar-refractivity contribution >= 4 is 43.3 Å². The lowest BCUT2D eigenvalue weighted by atomic mass is 9.90. The second kappa shape index (κ2) is 76.8. The van der Waals surface area contributed by atoms with Crippen molar-refractivity contribution in [3.05, 3.63) is 0 Å². The van der Waals surface area contributed by atoms with E-state index >= 15 is 4.79 Å². The van der Waals surface area contributed by atoms with Crippen LogP contribution >= 0.6 is 7.82 Å². The highest BCUT2D eigenvalue weighted by molar-refractivity contribution is 7.46. The van der Waals surface area contributed by atoms with E-state index in [9.17, 15) is 63.9 Å². The lowest BCUT2D eigenvalue weighted by Gasteiger charge is -2.46. The Balaban J connectivity index is 2.73. The molecule has 0 saturated carbocycles. The Bertz CT molecular complexity index is 2550. The van der Waals surface area contributed by atoms with Gasteiger partial charge >= 0.3 is 25.7 Å². The summed E-state index contributed by atoms with van der Waals surface area (Å²) in [7, 11) is -5.60. The van der Waals surface area contributed by atoms with Crippen LogP contribution < -0.4 is 10.6 Å². The molecule has 2 heterocycles. The predicted octanol–water partition coefficient (Wildman–Crippen LogP) is 21.9. The zero-order chi connectivity index (χ0) is 88.6. The van der Waals surface area contributed by atoms with Crippen LogP contribution in [0.2, 0.25) is 0 Å². The molecule has 0 aromatic heterocycles. The molecule has 121 heavy (non-hydrogen) atoms. The van der Waals surface area contributed by atoms with Crippen molar-refractivity contribution in [2.45, 2.75) is 564 Å². The van der Waals surface area contributed by atoms with Crippen molar-refractivity contribution in [1.82, 2.24) is 10.6 Å². The normalized spacial score (nSPS) is 20.4. The van der Waals surface area contributed by atoms with Crippen LogP contribution in [-0.2, 0) is 66.3 Å². The van der Waals surface area contributed by atoms with Crippen molar-refractivity contribution in [3.8, 4) is 0 Å². The summed E-state index contributed by atoms with van der Waals surface area (Å²) >= 11 is 0. The van der Waals surface area contributed by atoms with Crippen molar-refractivity contribution in [3.63, 3.8) is 0 Å². The third-order valence-electron chi connectivity index (χ3n) is 24.6. The minimum Gasteiger partial charge on any atom is -0.462 e. The molecule has 0 aromatic carbocycles. The third-order valence-corrected chi connectivity index (χ3v) is 25.1.